The summed E-state index contributed by atoms with van der Waals surface area (Å²) in [6, 6.07) is 15.6. The fourth-order valence-corrected chi connectivity index (χ4v) is 2.70. The molecule has 0 aliphatic heterocycles. The van der Waals surface area contributed by atoms with Gasteiger partial charge < -0.3 is 9.47 Å². The van der Waals surface area contributed by atoms with Gasteiger partial charge >= 0.3 is 0 Å². The minimum atomic E-state index is 0.184. The van der Waals surface area contributed by atoms with Gasteiger partial charge in [0.05, 0.1) is 16.1 Å². The van der Waals surface area contributed by atoms with Crippen molar-refractivity contribution in [3.63, 3.8) is 0 Å². The van der Waals surface area contributed by atoms with Crippen molar-refractivity contribution in [1.29, 1.82) is 5.26 Å². The topological polar surface area (TPSA) is 42.2 Å². The van der Waals surface area contributed by atoms with Gasteiger partial charge in [-0.15, -0.1) is 0 Å². The predicted molar refractivity (Wildman–Crippen MR) is 99.6 cm³/mol. The fourth-order valence-electron chi connectivity index (χ4n) is 2.21. The standard InChI is InChI=1S/C20H22BrNO2/c1-4-20(2,3)16-6-8-17(9-7-16)23-11-12-24-19-10-5-15(14-22)13-18(19)21/h5-10,13H,4,11-12H2,1-3H3. The first-order valence-electron chi connectivity index (χ1n) is 8.02. The number of benzene rings is 2. The molecule has 0 saturated carbocycles. The van der Waals surface area contributed by atoms with E-state index in [9.17, 15) is 0 Å². The molecule has 0 amide bonds. The van der Waals surface area contributed by atoms with E-state index in [1.165, 1.54) is 5.56 Å². The average Bonchev–Trinajstić information content (AvgIpc) is 2.60. The molecule has 0 aromatic heterocycles. The Morgan fingerprint density at radius 3 is 2.29 bits per heavy atom. The second kappa shape index (κ2) is 8.21. The maximum absolute atomic E-state index is 8.85. The SMILES string of the molecule is CCC(C)(C)c1ccc(OCCOc2ccc(C#N)cc2Br)cc1. The van der Waals surface area contributed by atoms with E-state index in [0.717, 1.165) is 16.6 Å². The molecule has 4 heteroatoms. The van der Waals surface area contributed by atoms with Crippen LogP contribution in [0.1, 0.15) is 38.3 Å². The van der Waals surface area contributed by atoms with E-state index in [-0.39, 0.29) is 5.41 Å². The lowest BCUT2D eigenvalue weighted by Gasteiger charge is -2.23. The molecule has 24 heavy (non-hydrogen) atoms. The third kappa shape index (κ3) is 4.75. The van der Waals surface area contributed by atoms with E-state index in [1.807, 2.05) is 12.1 Å². The van der Waals surface area contributed by atoms with Crippen LogP contribution >= 0.6 is 15.9 Å². The summed E-state index contributed by atoms with van der Waals surface area (Å²) in [6.45, 7) is 7.58. The molecule has 0 spiro atoms. The van der Waals surface area contributed by atoms with E-state index in [0.29, 0.717) is 24.5 Å². The van der Waals surface area contributed by atoms with Gasteiger partial charge in [-0.1, -0.05) is 32.9 Å². The molecule has 2 aromatic rings. The summed E-state index contributed by atoms with van der Waals surface area (Å²) in [4.78, 5) is 0. The van der Waals surface area contributed by atoms with Crippen LogP contribution in [0.25, 0.3) is 0 Å². The molecule has 0 heterocycles. The average molecular weight is 388 g/mol. The van der Waals surface area contributed by atoms with Gasteiger partial charge in [0.15, 0.2) is 0 Å². The molecule has 2 rings (SSSR count). The summed E-state index contributed by atoms with van der Waals surface area (Å²) in [7, 11) is 0. The molecular weight excluding hydrogens is 366 g/mol. The number of nitrogens with zero attached hydrogens (tertiary/aromatic N) is 1. The van der Waals surface area contributed by atoms with Crippen molar-refractivity contribution in [2.75, 3.05) is 13.2 Å². The van der Waals surface area contributed by atoms with Crippen molar-refractivity contribution in [3.8, 4) is 17.6 Å². The first-order chi connectivity index (χ1) is 11.5. The molecule has 0 bridgehead atoms. The normalized spacial score (nSPS) is 11.0. The highest BCUT2D eigenvalue weighted by molar-refractivity contribution is 9.10. The van der Waals surface area contributed by atoms with Crippen molar-refractivity contribution in [1.82, 2.24) is 0 Å². The van der Waals surface area contributed by atoms with Crippen LogP contribution in [0.3, 0.4) is 0 Å². The van der Waals surface area contributed by atoms with Crippen LogP contribution in [0.4, 0.5) is 0 Å². The van der Waals surface area contributed by atoms with Crippen LogP contribution in [0.2, 0.25) is 0 Å². The zero-order valence-corrected chi connectivity index (χ0v) is 15.9. The molecular formula is C20H22BrNO2. The molecule has 0 aliphatic rings. The van der Waals surface area contributed by atoms with E-state index >= 15 is 0 Å². The van der Waals surface area contributed by atoms with E-state index < -0.39 is 0 Å². The van der Waals surface area contributed by atoms with Crippen LogP contribution in [0.5, 0.6) is 11.5 Å². The Kier molecular flexibility index (Phi) is 6.28. The molecule has 0 N–H and O–H groups in total. The van der Waals surface area contributed by atoms with Crippen molar-refractivity contribution in [3.05, 3.63) is 58.1 Å². The highest BCUT2D eigenvalue weighted by Crippen LogP contribution is 2.28. The second-order valence-corrected chi connectivity index (χ2v) is 7.07. The van der Waals surface area contributed by atoms with Crippen molar-refractivity contribution in [2.24, 2.45) is 0 Å². The Bertz CT molecular complexity index is 717. The summed E-state index contributed by atoms with van der Waals surface area (Å²) in [5.41, 5.74) is 2.10. The number of rotatable bonds is 7. The highest BCUT2D eigenvalue weighted by Gasteiger charge is 2.17. The molecule has 0 saturated heterocycles. The van der Waals surface area contributed by atoms with Gasteiger partial charge in [0.1, 0.15) is 24.7 Å². The number of nitriles is 1. The minimum absolute atomic E-state index is 0.184. The van der Waals surface area contributed by atoms with Crippen LogP contribution in [0.15, 0.2) is 46.9 Å². The van der Waals surface area contributed by atoms with Crippen LogP contribution in [0, 0.1) is 11.3 Å². The molecule has 0 unspecified atom stereocenters. The molecule has 0 fully saturated rings. The summed E-state index contributed by atoms with van der Waals surface area (Å²) in [5.74, 6) is 1.55. The van der Waals surface area contributed by atoms with Crippen LogP contribution < -0.4 is 9.47 Å². The number of hydrogen-bond donors (Lipinski definition) is 0. The summed E-state index contributed by atoms with van der Waals surface area (Å²) >= 11 is 3.40. The molecule has 0 atom stereocenters. The molecule has 3 nitrogen and oxygen atoms in total. The summed E-state index contributed by atoms with van der Waals surface area (Å²) < 4.78 is 12.2. The van der Waals surface area contributed by atoms with Gasteiger partial charge in [0, 0.05) is 0 Å². The fraction of sp³-hybridized carbons (Fsp3) is 0.350. The van der Waals surface area contributed by atoms with Crippen molar-refractivity contribution in [2.45, 2.75) is 32.6 Å². The molecule has 0 aliphatic carbocycles. The largest absolute Gasteiger partial charge is 0.490 e. The van der Waals surface area contributed by atoms with E-state index in [2.05, 4.69) is 54.9 Å². The Morgan fingerprint density at radius 1 is 1.04 bits per heavy atom. The van der Waals surface area contributed by atoms with Crippen molar-refractivity contribution >= 4 is 15.9 Å². The van der Waals surface area contributed by atoms with Gasteiger partial charge in [0.25, 0.3) is 0 Å². The first-order valence-corrected chi connectivity index (χ1v) is 8.81. The lowest BCUT2D eigenvalue weighted by Crippen LogP contribution is -2.15. The second-order valence-electron chi connectivity index (χ2n) is 6.22. The lowest BCUT2D eigenvalue weighted by molar-refractivity contribution is 0.216. The summed E-state index contributed by atoms with van der Waals surface area (Å²) in [6.07, 6.45) is 1.10. The maximum Gasteiger partial charge on any atom is 0.133 e. The third-order valence-electron chi connectivity index (χ3n) is 4.19. The minimum Gasteiger partial charge on any atom is -0.490 e. The molecule has 2 aromatic carbocycles. The zero-order valence-electron chi connectivity index (χ0n) is 14.3. The maximum atomic E-state index is 8.85. The van der Waals surface area contributed by atoms with Gasteiger partial charge in [-0.3, -0.25) is 0 Å². The highest BCUT2D eigenvalue weighted by atomic mass is 79.9. The number of hydrogen-bond acceptors (Lipinski definition) is 3. The zero-order chi connectivity index (χ0) is 17.6. The molecule has 126 valence electrons. The number of ether oxygens (including phenoxy) is 2. The molecule has 0 radical (unpaired) electrons. The Morgan fingerprint density at radius 2 is 1.71 bits per heavy atom. The van der Waals surface area contributed by atoms with Crippen LogP contribution in [-0.4, -0.2) is 13.2 Å². The Labute approximate surface area is 152 Å². The Hall–Kier alpha value is -1.99. The summed E-state index contributed by atoms with van der Waals surface area (Å²) in [5, 5.41) is 8.85. The van der Waals surface area contributed by atoms with Gasteiger partial charge in [-0.05, 0) is 63.7 Å². The van der Waals surface area contributed by atoms with Crippen LogP contribution in [-0.2, 0) is 5.41 Å². The van der Waals surface area contributed by atoms with Gasteiger partial charge in [-0.2, -0.15) is 5.26 Å². The third-order valence-corrected chi connectivity index (χ3v) is 4.81. The van der Waals surface area contributed by atoms with Gasteiger partial charge in [-0.25, -0.2) is 0 Å². The van der Waals surface area contributed by atoms with E-state index in [4.69, 9.17) is 14.7 Å². The quantitative estimate of drug-likeness (QED) is 0.591. The van der Waals surface area contributed by atoms with Gasteiger partial charge in [0.2, 0.25) is 0 Å². The number of halogens is 1. The first kappa shape index (κ1) is 18.4. The Balaban J connectivity index is 1.83. The smallest absolute Gasteiger partial charge is 0.133 e. The van der Waals surface area contributed by atoms with E-state index in [1.54, 1.807) is 18.2 Å². The predicted octanol–water partition coefficient (Wildman–Crippen LogP) is 5.47. The monoisotopic (exact) mass is 387 g/mol. The van der Waals surface area contributed by atoms with Crippen molar-refractivity contribution < 1.29 is 9.47 Å². The lowest BCUT2D eigenvalue weighted by atomic mass is 9.82.